The van der Waals surface area contributed by atoms with E-state index in [2.05, 4.69) is 64.3 Å². The SMILES string of the molecule is C=CC[C@@](C)(NC(=O)[C@@H]1C[C@@H](Oc2nnc(Cl)c3ccccc23)CN1C(=O)[C@@H](NC(=O)OC(C)(C)C)C(C)(C)C)C(=O)NS(=O)(=O)C1CC1.C=CC[C@@](C)(NC(=O)[C@@H]1C[C@@H](Oc2nnc(OC(C)C)c3ccccc23)CN1C(=O)[C@@H](NC(=O)OC(C)(C)C)C(C)(C)C)C(=O)NS(=O)(=O)C1CC1. The number of sulfonamides is 2. The van der Waals surface area contributed by atoms with Gasteiger partial charge in [0.15, 0.2) is 5.15 Å². The minimum atomic E-state index is -3.93. The number of rotatable bonds is 24. The smallest absolute Gasteiger partial charge is 0.408 e. The molecule has 4 aromatic rings. The van der Waals surface area contributed by atoms with Crippen molar-refractivity contribution in [3.05, 3.63) is 79.0 Å². The molecule has 0 radical (unpaired) electrons. The molecule has 32 heteroatoms. The zero-order valence-electron chi connectivity index (χ0n) is 60.3. The summed E-state index contributed by atoms with van der Waals surface area (Å²) in [6.45, 7) is 34.4. The molecule has 8 rings (SSSR count). The van der Waals surface area contributed by atoms with Gasteiger partial charge in [-0.25, -0.2) is 26.4 Å². The molecule has 4 heterocycles. The molecule has 2 saturated carbocycles. The van der Waals surface area contributed by atoms with Crippen molar-refractivity contribution in [1.29, 1.82) is 0 Å². The van der Waals surface area contributed by atoms with Crippen molar-refractivity contribution in [2.75, 3.05) is 13.1 Å². The number of amides is 8. The van der Waals surface area contributed by atoms with E-state index < -0.39 is 148 Å². The lowest BCUT2D eigenvalue weighted by Crippen LogP contribution is -2.62. The highest BCUT2D eigenvalue weighted by atomic mass is 35.5. The number of likely N-dealkylation sites (tertiary alicyclic amines) is 2. The number of aromatic nitrogens is 4. The molecule has 8 atom stereocenters. The van der Waals surface area contributed by atoms with Crippen LogP contribution in [0.3, 0.4) is 0 Å². The number of nitrogens with zero attached hydrogens (tertiary/aromatic N) is 6. The molecule has 0 unspecified atom stereocenters. The molecule has 4 aliphatic rings. The van der Waals surface area contributed by atoms with Gasteiger partial charge in [0.2, 0.25) is 61.3 Å². The van der Waals surface area contributed by atoms with E-state index in [1.807, 2.05) is 32.0 Å². The number of benzene rings is 2. The van der Waals surface area contributed by atoms with Crippen LogP contribution in [0, 0.1) is 10.8 Å². The third-order valence-corrected chi connectivity index (χ3v) is 20.6. The Morgan fingerprint density at radius 2 is 0.881 bits per heavy atom. The molecule has 101 heavy (non-hydrogen) atoms. The summed E-state index contributed by atoms with van der Waals surface area (Å²) >= 11 is 6.25. The van der Waals surface area contributed by atoms with E-state index in [-0.39, 0.29) is 61.8 Å². The van der Waals surface area contributed by atoms with Crippen molar-refractivity contribution in [3.8, 4) is 17.6 Å². The second kappa shape index (κ2) is 31.0. The van der Waals surface area contributed by atoms with Crippen LogP contribution in [0.1, 0.15) is 162 Å². The number of nitrogens with one attached hydrogen (secondary N) is 6. The van der Waals surface area contributed by atoms with Crippen molar-refractivity contribution in [3.63, 3.8) is 0 Å². The third kappa shape index (κ3) is 20.9. The van der Waals surface area contributed by atoms with Crippen molar-refractivity contribution in [2.24, 2.45) is 10.8 Å². The molecule has 0 bridgehead atoms. The topological polar surface area (TPSA) is 381 Å². The Morgan fingerprint density at radius 3 is 1.22 bits per heavy atom. The third-order valence-electron chi connectivity index (χ3n) is 16.7. The molecule has 0 spiro atoms. The van der Waals surface area contributed by atoms with Crippen LogP contribution in [-0.4, -0.2) is 183 Å². The van der Waals surface area contributed by atoms with Crippen LogP contribution in [0.2, 0.25) is 5.15 Å². The highest BCUT2D eigenvalue weighted by Gasteiger charge is 2.52. The van der Waals surface area contributed by atoms with E-state index in [0.717, 1.165) is 0 Å². The number of carbonyl (C=O) groups is 8. The molecule has 2 aliphatic carbocycles. The summed E-state index contributed by atoms with van der Waals surface area (Å²) in [4.78, 5) is 112. The van der Waals surface area contributed by atoms with Gasteiger partial charge < -0.3 is 54.8 Å². The first-order chi connectivity index (χ1) is 46.7. The first kappa shape index (κ1) is 79.9. The number of halogens is 1. The minimum absolute atomic E-state index is 0.0344. The van der Waals surface area contributed by atoms with Crippen LogP contribution >= 0.6 is 11.6 Å². The van der Waals surface area contributed by atoms with Crippen LogP contribution in [-0.2, 0) is 58.3 Å². The number of ether oxygens (including phenoxy) is 5. The van der Waals surface area contributed by atoms with Gasteiger partial charge in [0.1, 0.15) is 58.7 Å². The number of carbonyl (C=O) groups excluding carboxylic acids is 8. The quantitative estimate of drug-likeness (QED) is 0.0372. The zero-order chi connectivity index (χ0) is 75.3. The van der Waals surface area contributed by atoms with Gasteiger partial charge in [-0.05, 0) is 137 Å². The summed E-state index contributed by atoms with van der Waals surface area (Å²) < 4.78 is 84.1. The zero-order valence-corrected chi connectivity index (χ0v) is 62.7. The molecular formula is C69H97ClN12O17S2. The lowest BCUT2D eigenvalue weighted by molar-refractivity contribution is -0.143. The maximum Gasteiger partial charge on any atom is 0.408 e. The fraction of sp³-hybridized carbons (Fsp3) is 0.594. The lowest BCUT2D eigenvalue weighted by Gasteiger charge is -2.36. The summed E-state index contributed by atoms with van der Waals surface area (Å²) in [5.41, 5.74) is -6.81. The fourth-order valence-corrected chi connectivity index (χ4v) is 14.2. The van der Waals surface area contributed by atoms with Crippen LogP contribution in [0.15, 0.2) is 73.8 Å². The molecule has 6 N–H and O–H groups in total. The number of alkyl carbamates (subject to hydrolysis) is 2. The largest absolute Gasteiger partial charge is 0.473 e. The molecule has 2 aliphatic heterocycles. The highest BCUT2D eigenvalue weighted by molar-refractivity contribution is 7.91. The summed E-state index contributed by atoms with van der Waals surface area (Å²) in [6, 6.07) is 9.63. The van der Waals surface area contributed by atoms with E-state index in [0.29, 0.717) is 53.1 Å². The fourth-order valence-electron chi connectivity index (χ4n) is 11.2. The van der Waals surface area contributed by atoms with E-state index in [1.54, 1.807) is 113 Å². The molecule has 8 amide bonds. The second-order valence-corrected chi connectivity index (χ2v) is 35.0. The van der Waals surface area contributed by atoms with Crippen LogP contribution in [0.4, 0.5) is 9.59 Å². The molecule has 2 saturated heterocycles. The van der Waals surface area contributed by atoms with Gasteiger partial charge in [-0.2, -0.15) is 0 Å². The maximum atomic E-state index is 14.5. The number of fused-ring (bicyclic) bond motifs is 2. The highest BCUT2D eigenvalue weighted by Crippen LogP contribution is 2.37. The molecule has 554 valence electrons. The van der Waals surface area contributed by atoms with E-state index in [4.69, 9.17) is 35.3 Å². The van der Waals surface area contributed by atoms with E-state index in [1.165, 1.54) is 35.8 Å². The molecule has 4 fully saturated rings. The minimum Gasteiger partial charge on any atom is -0.473 e. The normalized spacial score (nSPS) is 19.9. The standard InChI is InChI=1S/C36H52N6O9S.C33H45ClN6O8S/c1-11-18-36(10,32(45)41-52(47,48)23-16-17-23)38-28(43)26-19-22(50-30-25-15-13-12-14-24(25)29(39-40-30)49-21(2)3)20-42(26)31(44)27(34(4,5)6)37-33(46)51-35(7,8)9;1-9-16-33(8,29(43)39-49(45,46)20-14-15-20)36-26(41)23-17-19(47-27-22-13-11-10-12-21(22)25(34)37-38-27)18-40(23)28(42)24(31(2,3)4)35-30(44)48-32(5,6)7/h11-15,21-23,26-27H,1,16-20H2,2-10H3,(H,37,46)(H,38,43)(H,41,45);9-13,19-20,23-24H,1,14-18H2,2-8H3,(H,35,44)(H,36,41)(H,39,43)/t22-,26+,27-,36-;19-,23+,24-,33-/m11/s1. The average molecular weight is 1470 g/mol. The van der Waals surface area contributed by atoms with Crippen molar-refractivity contribution in [1.82, 2.24) is 60.9 Å². The van der Waals surface area contributed by atoms with Gasteiger partial charge >= 0.3 is 12.2 Å². The first-order valence-corrected chi connectivity index (χ1v) is 36.9. The molecular weight excluding hydrogens is 1370 g/mol. The maximum absolute atomic E-state index is 14.5. The Kier molecular flexibility index (Phi) is 24.5. The summed E-state index contributed by atoms with van der Waals surface area (Å²) in [5.74, 6) is -3.90. The number of hydrogen-bond donors (Lipinski definition) is 6. The lowest BCUT2D eigenvalue weighted by atomic mass is 9.85. The Balaban J connectivity index is 0.000000284. The van der Waals surface area contributed by atoms with Gasteiger partial charge in [-0.15, -0.1) is 33.6 Å². The summed E-state index contributed by atoms with van der Waals surface area (Å²) in [6.07, 6.45) is 0.884. The van der Waals surface area contributed by atoms with Crippen molar-refractivity contribution in [2.45, 2.75) is 237 Å². The first-order valence-electron chi connectivity index (χ1n) is 33.4. The van der Waals surface area contributed by atoms with Crippen LogP contribution < -0.4 is 44.9 Å². The Hall–Kier alpha value is -8.45. The Labute approximate surface area is 595 Å². The van der Waals surface area contributed by atoms with E-state index in [9.17, 15) is 55.2 Å². The average Bonchev–Trinajstić information content (AvgIpc) is 1.70. The van der Waals surface area contributed by atoms with Gasteiger partial charge in [0.25, 0.3) is 11.8 Å². The number of hydrogen-bond acceptors (Lipinski definition) is 21. The predicted octanol–water partition coefficient (Wildman–Crippen LogP) is 7.39. The summed E-state index contributed by atoms with van der Waals surface area (Å²) in [5, 5.41) is 28.6. The van der Waals surface area contributed by atoms with Crippen molar-refractivity contribution < 1.29 is 78.9 Å². The van der Waals surface area contributed by atoms with Gasteiger partial charge in [0, 0.05) is 23.6 Å². The van der Waals surface area contributed by atoms with Crippen LogP contribution in [0.5, 0.6) is 17.6 Å². The van der Waals surface area contributed by atoms with Gasteiger partial charge in [-0.1, -0.05) is 95.6 Å². The second-order valence-electron chi connectivity index (χ2n) is 30.7. The molecule has 2 aromatic heterocycles. The van der Waals surface area contributed by atoms with Crippen molar-refractivity contribution >= 4 is 101 Å². The monoisotopic (exact) mass is 1460 g/mol. The summed E-state index contributed by atoms with van der Waals surface area (Å²) in [7, 11) is -7.86. The van der Waals surface area contributed by atoms with E-state index >= 15 is 0 Å². The Morgan fingerprint density at radius 1 is 0.545 bits per heavy atom. The predicted molar refractivity (Wildman–Crippen MR) is 377 cm³/mol. The molecule has 29 nitrogen and oxygen atoms in total. The molecule has 2 aromatic carbocycles. The Bertz CT molecular complexity index is 4050. The van der Waals surface area contributed by atoms with Crippen LogP contribution in [0.25, 0.3) is 21.5 Å². The van der Waals surface area contributed by atoms with Gasteiger partial charge in [-0.3, -0.25) is 38.2 Å². The van der Waals surface area contributed by atoms with Gasteiger partial charge in [0.05, 0.1) is 40.5 Å².